The van der Waals surface area contributed by atoms with Crippen molar-refractivity contribution >= 4 is 52.4 Å². The molecule has 100 valence electrons. The van der Waals surface area contributed by atoms with E-state index in [0.29, 0.717) is 0 Å². The summed E-state index contributed by atoms with van der Waals surface area (Å²) in [4.78, 5) is 11.3. The van der Waals surface area contributed by atoms with Crippen molar-refractivity contribution in [1.29, 1.82) is 0 Å². The summed E-state index contributed by atoms with van der Waals surface area (Å²) in [6.45, 7) is 0. The third kappa shape index (κ3) is 2.64. The summed E-state index contributed by atoms with van der Waals surface area (Å²) >= 11 is 22.1. The first kappa shape index (κ1) is 15.7. The van der Waals surface area contributed by atoms with Gasteiger partial charge in [-0.25, -0.2) is 4.79 Å². The Labute approximate surface area is 120 Å². The van der Waals surface area contributed by atoms with Gasteiger partial charge in [-0.2, -0.15) is 13.2 Å². The van der Waals surface area contributed by atoms with Crippen molar-refractivity contribution in [3.8, 4) is 0 Å². The maximum Gasteiger partial charge on any atom is 0.419 e. The fourth-order valence-electron chi connectivity index (χ4n) is 1.16. The number of benzene rings is 1. The summed E-state index contributed by atoms with van der Waals surface area (Å²) in [5.74, 6) is -1.04. The average molecular weight is 342 g/mol. The fraction of sp³-hybridized carbons (Fsp3) is 0.222. The quantitative estimate of drug-likeness (QED) is 0.524. The molecule has 0 aliphatic rings. The lowest BCUT2D eigenvalue weighted by Gasteiger charge is -2.16. The molecule has 2 nitrogen and oxygen atoms in total. The van der Waals surface area contributed by atoms with Gasteiger partial charge in [0.1, 0.15) is 0 Å². The van der Waals surface area contributed by atoms with E-state index in [2.05, 4.69) is 4.74 Å². The maximum atomic E-state index is 12.7. The average Bonchev–Trinajstić information content (AvgIpc) is 2.24. The second-order valence-corrected chi connectivity index (χ2v) is 4.51. The Kier molecular flexibility index (Phi) is 4.65. The van der Waals surface area contributed by atoms with Gasteiger partial charge in [0.2, 0.25) is 0 Å². The van der Waals surface area contributed by atoms with E-state index in [-0.39, 0.29) is 0 Å². The number of carbonyl (C=O) groups is 1. The molecule has 1 aromatic rings. The van der Waals surface area contributed by atoms with Crippen LogP contribution in [0.5, 0.6) is 0 Å². The molecule has 0 amide bonds. The molecule has 0 heterocycles. The Morgan fingerprint density at radius 1 is 1.00 bits per heavy atom. The molecule has 0 aromatic heterocycles. The highest BCUT2D eigenvalue weighted by Crippen LogP contribution is 2.48. The van der Waals surface area contributed by atoms with Crippen LogP contribution in [0.3, 0.4) is 0 Å². The number of ether oxygens (including phenoxy) is 1. The van der Waals surface area contributed by atoms with Crippen molar-refractivity contribution in [3.05, 3.63) is 31.2 Å². The first-order chi connectivity index (χ1) is 8.12. The first-order valence-electron chi connectivity index (χ1n) is 4.14. The summed E-state index contributed by atoms with van der Waals surface area (Å²) in [6.07, 6.45) is -4.85. The number of alkyl halides is 3. The molecule has 0 aliphatic heterocycles. The Hall–Kier alpha value is -0.360. The lowest BCUT2D eigenvalue weighted by atomic mass is 10.1. The van der Waals surface area contributed by atoms with Crippen molar-refractivity contribution in [2.24, 2.45) is 0 Å². The molecule has 0 saturated carbocycles. The van der Waals surface area contributed by atoms with E-state index in [9.17, 15) is 18.0 Å². The highest BCUT2D eigenvalue weighted by Gasteiger charge is 2.40. The minimum atomic E-state index is -4.85. The standard InChI is InChI=1S/C9H3Cl4F3O2/c1-18-8(17)2-4(10)6(12)3(9(14,15)16)7(13)5(2)11/h1H3. The van der Waals surface area contributed by atoms with Gasteiger partial charge in [0.05, 0.1) is 38.3 Å². The van der Waals surface area contributed by atoms with Crippen LogP contribution in [0.15, 0.2) is 0 Å². The van der Waals surface area contributed by atoms with Crippen LogP contribution < -0.4 is 0 Å². The Bertz CT molecular complexity index is 485. The summed E-state index contributed by atoms with van der Waals surface area (Å²) in [5.41, 5.74) is -1.91. The molecule has 9 heteroatoms. The zero-order chi connectivity index (χ0) is 14.2. The third-order valence-corrected chi connectivity index (χ3v) is 3.64. The van der Waals surface area contributed by atoms with E-state index < -0.39 is 43.4 Å². The molecule has 1 rings (SSSR count). The lowest BCUT2D eigenvalue weighted by Crippen LogP contribution is -2.11. The number of hydrogen-bond donors (Lipinski definition) is 0. The van der Waals surface area contributed by atoms with E-state index >= 15 is 0 Å². The normalized spacial score (nSPS) is 11.6. The molecule has 0 N–H and O–H groups in total. The number of hydrogen-bond acceptors (Lipinski definition) is 2. The van der Waals surface area contributed by atoms with Crippen molar-refractivity contribution < 1.29 is 22.7 Å². The van der Waals surface area contributed by atoms with E-state index in [0.717, 1.165) is 7.11 Å². The van der Waals surface area contributed by atoms with Crippen LogP contribution in [-0.4, -0.2) is 13.1 Å². The van der Waals surface area contributed by atoms with Crippen LogP contribution in [0.25, 0.3) is 0 Å². The van der Waals surface area contributed by atoms with Crippen molar-refractivity contribution in [2.75, 3.05) is 7.11 Å². The third-order valence-electron chi connectivity index (χ3n) is 1.94. The Morgan fingerprint density at radius 3 is 1.67 bits per heavy atom. The van der Waals surface area contributed by atoms with E-state index in [1.54, 1.807) is 0 Å². The topological polar surface area (TPSA) is 26.3 Å². The highest BCUT2D eigenvalue weighted by atomic mass is 35.5. The second-order valence-electron chi connectivity index (χ2n) is 3.00. The Balaban J connectivity index is 3.72. The maximum absolute atomic E-state index is 12.7. The number of esters is 1. The summed E-state index contributed by atoms with van der Waals surface area (Å²) < 4.78 is 42.4. The van der Waals surface area contributed by atoms with Gasteiger partial charge in [0.15, 0.2) is 0 Å². The molecule has 1 aromatic carbocycles. The van der Waals surface area contributed by atoms with E-state index in [4.69, 9.17) is 46.4 Å². The van der Waals surface area contributed by atoms with Crippen molar-refractivity contribution in [2.45, 2.75) is 6.18 Å². The summed E-state index contributed by atoms with van der Waals surface area (Å²) in [5, 5.41) is -3.13. The van der Waals surface area contributed by atoms with Gasteiger partial charge in [0.25, 0.3) is 0 Å². The van der Waals surface area contributed by atoms with Gasteiger partial charge in [0, 0.05) is 0 Å². The van der Waals surface area contributed by atoms with Gasteiger partial charge in [-0.15, -0.1) is 0 Å². The Morgan fingerprint density at radius 2 is 1.39 bits per heavy atom. The van der Waals surface area contributed by atoms with Crippen LogP contribution in [0.4, 0.5) is 13.2 Å². The summed E-state index contributed by atoms with van der Waals surface area (Å²) in [6, 6.07) is 0. The van der Waals surface area contributed by atoms with Gasteiger partial charge < -0.3 is 4.74 Å². The molecular formula is C9H3Cl4F3O2. The van der Waals surface area contributed by atoms with Crippen LogP contribution >= 0.6 is 46.4 Å². The SMILES string of the molecule is COC(=O)c1c(Cl)c(Cl)c(C(F)(F)F)c(Cl)c1Cl. The highest BCUT2D eigenvalue weighted by molar-refractivity contribution is 6.50. The van der Waals surface area contributed by atoms with Crippen LogP contribution in [0, 0.1) is 0 Å². The van der Waals surface area contributed by atoms with Gasteiger partial charge >= 0.3 is 12.1 Å². The monoisotopic (exact) mass is 340 g/mol. The number of halogens is 7. The fourth-order valence-corrected chi connectivity index (χ4v) is 2.38. The van der Waals surface area contributed by atoms with Crippen LogP contribution in [0.1, 0.15) is 15.9 Å². The predicted molar refractivity (Wildman–Crippen MR) is 62.8 cm³/mol. The van der Waals surface area contributed by atoms with Gasteiger partial charge in [-0.1, -0.05) is 46.4 Å². The van der Waals surface area contributed by atoms with Crippen molar-refractivity contribution in [1.82, 2.24) is 0 Å². The minimum absolute atomic E-state index is 0.510. The molecule has 0 atom stereocenters. The largest absolute Gasteiger partial charge is 0.465 e. The van der Waals surface area contributed by atoms with Gasteiger partial charge in [-0.3, -0.25) is 0 Å². The molecular weight excluding hydrogens is 339 g/mol. The smallest absolute Gasteiger partial charge is 0.419 e. The second kappa shape index (κ2) is 5.33. The first-order valence-corrected chi connectivity index (χ1v) is 5.65. The molecule has 0 radical (unpaired) electrons. The van der Waals surface area contributed by atoms with E-state index in [1.165, 1.54) is 0 Å². The van der Waals surface area contributed by atoms with Crippen LogP contribution in [-0.2, 0) is 10.9 Å². The molecule has 18 heavy (non-hydrogen) atoms. The van der Waals surface area contributed by atoms with E-state index in [1.807, 2.05) is 0 Å². The molecule has 0 saturated heterocycles. The molecule has 0 aliphatic carbocycles. The van der Waals surface area contributed by atoms with Gasteiger partial charge in [-0.05, 0) is 0 Å². The number of methoxy groups -OCH3 is 1. The number of rotatable bonds is 1. The zero-order valence-corrected chi connectivity index (χ0v) is 11.5. The lowest BCUT2D eigenvalue weighted by molar-refractivity contribution is -0.137. The summed E-state index contributed by atoms with van der Waals surface area (Å²) in [7, 11) is 1.01. The molecule has 0 bridgehead atoms. The van der Waals surface area contributed by atoms with Crippen molar-refractivity contribution in [3.63, 3.8) is 0 Å². The van der Waals surface area contributed by atoms with Crippen LogP contribution in [0.2, 0.25) is 20.1 Å². The molecule has 0 spiro atoms. The predicted octanol–water partition coefficient (Wildman–Crippen LogP) is 5.11. The number of carbonyl (C=O) groups excluding carboxylic acids is 1. The molecule has 0 fully saturated rings. The zero-order valence-electron chi connectivity index (χ0n) is 8.46. The molecule has 0 unspecified atom stereocenters. The minimum Gasteiger partial charge on any atom is -0.465 e.